The van der Waals surface area contributed by atoms with Crippen molar-refractivity contribution in [3.05, 3.63) is 94.0 Å². The highest BCUT2D eigenvalue weighted by atomic mass is 35.5. The molecule has 0 saturated carbocycles. The summed E-state index contributed by atoms with van der Waals surface area (Å²) in [5.41, 5.74) is 2.68. The van der Waals surface area contributed by atoms with Crippen molar-refractivity contribution in [2.24, 2.45) is 0 Å². The Hall–Kier alpha value is -3.23. The van der Waals surface area contributed by atoms with Gasteiger partial charge in [0.05, 0.1) is 11.6 Å². The summed E-state index contributed by atoms with van der Waals surface area (Å²) in [6.45, 7) is 5.37. The highest BCUT2D eigenvalue weighted by molar-refractivity contribution is 6.35. The molecular weight excluding hydrogens is 539 g/mol. The second kappa shape index (κ2) is 11.9. The molecule has 9 heteroatoms. The van der Waals surface area contributed by atoms with Crippen LogP contribution in [-0.4, -0.2) is 61.4 Å². The number of hydrogen-bond donors (Lipinski definition) is 1. The Balaban J connectivity index is 1.08. The summed E-state index contributed by atoms with van der Waals surface area (Å²) in [6.07, 6.45) is 3.11. The van der Waals surface area contributed by atoms with Crippen LogP contribution < -0.4 is 9.64 Å². The number of phenolic OH excluding ortho intramolecular Hbond substituents is 1. The molecule has 204 valence electrons. The molecule has 3 aromatic rings. The Morgan fingerprint density at radius 1 is 1.05 bits per heavy atom. The van der Waals surface area contributed by atoms with E-state index in [2.05, 4.69) is 4.90 Å². The second-order valence-corrected chi connectivity index (χ2v) is 10.5. The molecular formula is C30H30Cl2N2O5. The van der Waals surface area contributed by atoms with Crippen molar-refractivity contribution in [3.63, 3.8) is 0 Å². The first-order valence-electron chi connectivity index (χ1n) is 12.8. The standard InChI is InChI=1S/C30H30Cl2N2O5/c1-30(27-12-5-22(31)18-28(27)32)38-20-26(39-30)19-37-25-10-6-23(7-11-25)33-14-16-34(17-15-33)29(36)13-4-21-2-8-24(35)9-3-21/h2-13,18,26,35H,14-17,19-20H2,1H3/b13-4+/t26-,30+/m1/s1. The number of anilines is 1. The molecule has 0 radical (unpaired) electrons. The lowest BCUT2D eigenvalue weighted by Gasteiger charge is -2.35. The number of phenols is 1. The maximum Gasteiger partial charge on any atom is 0.246 e. The van der Waals surface area contributed by atoms with Gasteiger partial charge in [0.1, 0.15) is 24.2 Å². The monoisotopic (exact) mass is 568 g/mol. The number of aromatic hydroxyl groups is 1. The number of nitrogens with zero attached hydrogens (tertiary/aromatic N) is 2. The third kappa shape index (κ3) is 6.68. The van der Waals surface area contributed by atoms with Gasteiger partial charge in [0, 0.05) is 48.5 Å². The van der Waals surface area contributed by atoms with Crippen molar-refractivity contribution in [2.75, 3.05) is 44.3 Å². The molecule has 2 aliphatic rings. The number of ether oxygens (including phenoxy) is 3. The average molecular weight is 569 g/mol. The number of carbonyl (C=O) groups is 1. The summed E-state index contributed by atoms with van der Waals surface area (Å²) in [5, 5.41) is 10.4. The summed E-state index contributed by atoms with van der Waals surface area (Å²) in [4.78, 5) is 16.7. The molecule has 0 aromatic heterocycles. The molecule has 0 bridgehead atoms. The maximum absolute atomic E-state index is 12.6. The van der Waals surface area contributed by atoms with Gasteiger partial charge < -0.3 is 29.1 Å². The molecule has 5 rings (SSSR count). The van der Waals surface area contributed by atoms with Crippen LogP contribution in [0.25, 0.3) is 6.08 Å². The highest BCUT2D eigenvalue weighted by Gasteiger charge is 2.40. The Kier molecular flexibility index (Phi) is 8.33. The van der Waals surface area contributed by atoms with Gasteiger partial charge in [0.15, 0.2) is 5.79 Å². The van der Waals surface area contributed by atoms with Gasteiger partial charge in [-0.2, -0.15) is 0 Å². The van der Waals surface area contributed by atoms with Gasteiger partial charge >= 0.3 is 0 Å². The van der Waals surface area contributed by atoms with Crippen molar-refractivity contribution in [1.29, 1.82) is 0 Å². The van der Waals surface area contributed by atoms with Crippen LogP contribution in [-0.2, 0) is 20.1 Å². The minimum Gasteiger partial charge on any atom is -0.508 e. The molecule has 0 spiro atoms. The summed E-state index contributed by atoms with van der Waals surface area (Å²) in [7, 11) is 0. The van der Waals surface area contributed by atoms with Crippen molar-refractivity contribution in [2.45, 2.75) is 18.8 Å². The first-order chi connectivity index (χ1) is 18.8. The highest BCUT2D eigenvalue weighted by Crippen LogP contribution is 2.38. The summed E-state index contributed by atoms with van der Waals surface area (Å²) in [5.74, 6) is -0.0208. The number of rotatable bonds is 7. The molecule has 1 N–H and O–H groups in total. The average Bonchev–Trinajstić information content (AvgIpc) is 3.33. The van der Waals surface area contributed by atoms with E-state index in [1.165, 1.54) is 0 Å². The van der Waals surface area contributed by atoms with E-state index in [1.807, 2.05) is 42.2 Å². The van der Waals surface area contributed by atoms with Crippen molar-refractivity contribution in [3.8, 4) is 11.5 Å². The summed E-state index contributed by atoms with van der Waals surface area (Å²) >= 11 is 12.4. The van der Waals surface area contributed by atoms with Gasteiger partial charge in [0.25, 0.3) is 0 Å². The Morgan fingerprint density at radius 2 is 1.77 bits per heavy atom. The van der Waals surface area contributed by atoms with E-state index in [1.54, 1.807) is 48.6 Å². The number of benzene rings is 3. The van der Waals surface area contributed by atoms with Crippen LogP contribution >= 0.6 is 23.2 Å². The largest absolute Gasteiger partial charge is 0.508 e. The minimum atomic E-state index is -0.954. The molecule has 0 aliphatic carbocycles. The van der Waals surface area contributed by atoms with Gasteiger partial charge in [-0.25, -0.2) is 0 Å². The maximum atomic E-state index is 12.6. The van der Waals surface area contributed by atoms with Gasteiger partial charge in [-0.3, -0.25) is 4.79 Å². The fourth-order valence-corrected chi connectivity index (χ4v) is 5.29. The lowest BCUT2D eigenvalue weighted by Crippen LogP contribution is -2.48. The van der Waals surface area contributed by atoms with Crippen LogP contribution in [0.3, 0.4) is 0 Å². The van der Waals surface area contributed by atoms with E-state index in [0.29, 0.717) is 36.3 Å². The third-order valence-electron chi connectivity index (χ3n) is 6.90. The van der Waals surface area contributed by atoms with Crippen LogP contribution in [0.15, 0.2) is 72.8 Å². The number of amides is 1. The van der Waals surface area contributed by atoms with Crippen molar-refractivity contribution < 1.29 is 24.1 Å². The van der Waals surface area contributed by atoms with Gasteiger partial charge in [-0.1, -0.05) is 41.4 Å². The smallest absolute Gasteiger partial charge is 0.246 e. The predicted molar refractivity (Wildman–Crippen MR) is 153 cm³/mol. The molecule has 3 aromatic carbocycles. The summed E-state index contributed by atoms with van der Waals surface area (Å²) in [6, 6.07) is 19.9. The van der Waals surface area contributed by atoms with Crippen LogP contribution in [0.1, 0.15) is 18.1 Å². The van der Waals surface area contributed by atoms with Crippen LogP contribution in [0.5, 0.6) is 11.5 Å². The van der Waals surface area contributed by atoms with E-state index < -0.39 is 5.79 Å². The molecule has 0 unspecified atom stereocenters. The topological polar surface area (TPSA) is 71.5 Å². The fraction of sp³-hybridized carbons (Fsp3) is 0.300. The first-order valence-corrected chi connectivity index (χ1v) is 13.6. The molecule has 2 saturated heterocycles. The zero-order chi connectivity index (χ0) is 27.4. The lowest BCUT2D eigenvalue weighted by molar-refractivity contribution is -0.164. The molecule has 1 amide bonds. The van der Waals surface area contributed by atoms with E-state index in [4.69, 9.17) is 37.4 Å². The molecule has 2 heterocycles. The zero-order valence-corrected chi connectivity index (χ0v) is 23.1. The molecule has 2 atom stereocenters. The Morgan fingerprint density at radius 3 is 2.46 bits per heavy atom. The molecule has 7 nitrogen and oxygen atoms in total. The number of hydrogen-bond acceptors (Lipinski definition) is 6. The Labute approximate surface area is 238 Å². The number of piperazine rings is 1. The molecule has 2 aliphatic heterocycles. The third-order valence-corrected chi connectivity index (χ3v) is 7.44. The van der Waals surface area contributed by atoms with Crippen LogP contribution in [0.4, 0.5) is 5.69 Å². The number of carbonyl (C=O) groups excluding carboxylic acids is 1. The lowest BCUT2D eigenvalue weighted by atomic mass is 10.1. The predicted octanol–water partition coefficient (Wildman–Crippen LogP) is 5.73. The first kappa shape index (κ1) is 27.3. The van der Waals surface area contributed by atoms with E-state index in [-0.39, 0.29) is 17.8 Å². The van der Waals surface area contributed by atoms with Crippen molar-refractivity contribution in [1.82, 2.24) is 4.90 Å². The van der Waals surface area contributed by atoms with Gasteiger partial charge in [0.2, 0.25) is 5.91 Å². The minimum absolute atomic E-state index is 0.0148. The normalized spacial score (nSPS) is 21.5. The van der Waals surface area contributed by atoms with E-state index in [0.717, 1.165) is 35.7 Å². The fourth-order valence-electron chi connectivity index (χ4n) is 4.70. The summed E-state index contributed by atoms with van der Waals surface area (Å²) < 4.78 is 18.1. The second-order valence-electron chi connectivity index (χ2n) is 9.66. The molecule has 2 fully saturated rings. The van der Waals surface area contributed by atoms with Crippen LogP contribution in [0.2, 0.25) is 10.0 Å². The van der Waals surface area contributed by atoms with Gasteiger partial charge in [-0.05, 0) is 67.1 Å². The van der Waals surface area contributed by atoms with Gasteiger partial charge in [-0.15, -0.1) is 0 Å². The van der Waals surface area contributed by atoms with Crippen molar-refractivity contribution >= 4 is 40.9 Å². The zero-order valence-electron chi connectivity index (χ0n) is 21.6. The SMILES string of the molecule is C[C@]1(c2ccc(Cl)cc2Cl)OC[C@@H](COc2ccc(N3CCN(C(=O)/C=C/c4ccc(O)cc4)CC3)cc2)O1. The number of halogens is 2. The molecule has 39 heavy (non-hydrogen) atoms. The Bertz CT molecular complexity index is 1320. The van der Waals surface area contributed by atoms with Crippen LogP contribution in [0, 0.1) is 0 Å². The van der Waals surface area contributed by atoms with E-state index in [9.17, 15) is 9.90 Å². The van der Waals surface area contributed by atoms with E-state index >= 15 is 0 Å². The quantitative estimate of drug-likeness (QED) is 0.367.